The molecule has 0 fully saturated rings. The molecule has 0 bridgehead atoms. The lowest BCUT2D eigenvalue weighted by Gasteiger charge is -2.11. The summed E-state index contributed by atoms with van der Waals surface area (Å²) >= 11 is 1.71. The average molecular weight is 251 g/mol. The molecule has 0 radical (unpaired) electrons. The number of nitrogen functional groups attached to an aromatic ring is 1. The molecule has 90 valence electrons. The molecule has 0 amide bonds. The van der Waals surface area contributed by atoms with Gasteiger partial charge in [0.05, 0.1) is 11.2 Å². The minimum Gasteiger partial charge on any atom is -0.398 e. The number of thioether (sulfide) groups is 1. The van der Waals surface area contributed by atoms with Crippen LogP contribution in [0.4, 0.5) is 15.8 Å². The molecule has 0 aliphatic heterocycles. The number of benzene rings is 1. The number of anilines is 2. The van der Waals surface area contributed by atoms with Crippen LogP contribution in [-0.4, -0.2) is 23.5 Å². The molecule has 5 heteroatoms. The van der Waals surface area contributed by atoms with Crippen molar-refractivity contribution in [3.05, 3.63) is 30.2 Å². The summed E-state index contributed by atoms with van der Waals surface area (Å²) in [5.41, 5.74) is 7.21. The summed E-state index contributed by atoms with van der Waals surface area (Å²) in [6.07, 6.45) is 3.65. The van der Waals surface area contributed by atoms with Gasteiger partial charge in [-0.3, -0.25) is 4.98 Å². The summed E-state index contributed by atoms with van der Waals surface area (Å²) in [6, 6.07) is 4.98. The van der Waals surface area contributed by atoms with E-state index in [2.05, 4.69) is 10.3 Å². The second-order valence-electron chi connectivity index (χ2n) is 3.64. The largest absolute Gasteiger partial charge is 0.398 e. The molecular weight excluding hydrogens is 237 g/mol. The molecule has 0 spiro atoms. The van der Waals surface area contributed by atoms with E-state index in [4.69, 9.17) is 5.73 Å². The lowest BCUT2D eigenvalue weighted by atomic mass is 10.1. The third-order valence-electron chi connectivity index (χ3n) is 2.48. The van der Waals surface area contributed by atoms with E-state index < -0.39 is 0 Å². The van der Waals surface area contributed by atoms with Gasteiger partial charge in [-0.2, -0.15) is 11.8 Å². The predicted molar refractivity (Wildman–Crippen MR) is 73.0 cm³/mol. The van der Waals surface area contributed by atoms with E-state index in [1.54, 1.807) is 24.0 Å². The molecule has 3 N–H and O–H groups in total. The third-order valence-corrected chi connectivity index (χ3v) is 3.10. The molecule has 0 saturated heterocycles. The standard InChI is InChI=1S/C12H14FN3S/c1-17-6-5-16-12-9(13)7-10(14)8-3-2-4-15-11(8)12/h2-4,7,16H,5-6,14H2,1H3. The van der Waals surface area contributed by atoms with Crippen LogP contribution in [0.5, 0.6) is 0 Å². The summed E-state index contributed by atoms with van der Waals surface area (Å²) in [5.74, 6) is 0.563. The van der Waals surface area contributed by atoms with Gasteiger partial charge in [-0.25, -0.2) is 4.39 Å². The number of rotatable bonds is 4. The van der Waals surface area contributed by atoms with E-state index in [0.29, 0.717) is 23.4 Å². The SMILES string of the molecule is CSCCNc1c(F)cc(N)c2cccnc12. The first-order chi connectivity index (χ1) is 8.24. The number of nitrogens with zero attached hydrogens (tertiary/aromatic N) is 1. The zero-order chi connectivity index (χ0) is 12.3. The van der Waals surface area contributed by atoms with Crippen LogP contribution in [0.3, 0.4) is 0 Å². The summed E-state index contributed by atoms with van der Waals surface area (Å²) in [4.78, 5) is 4.19. The highest BCUT2D eigenvalue weighted by atomic mass is 32.2. The molecule has 0 unspecified atom stereocenters. The van der Waals surface area contributed by atoms with Crippen molar-refractivity contribution >= 4 is 34.0 Å². The summed E-state index contributed by atoms with van der Waals surface area (Å²) in [7, 11) is 0. The van der Waals surface area contributed by atoms with Crippen LogP contribution in [0.15, 0.2) is 24.4 Å². The molecule has 0 atom stereocenters. The number of nitrogens with two attached hydrogens (primary N) is 1. The third kappa shape index (κ3) is 2.44. The highest BCUT2D eigenvalue weighted by molar-refractivity contribution is 7.98. The van der Waals surface area contributed by atoms with Gasteiger partial charge in [0.25, 0.3) is 0 Å². The molecule has 1 heterocycles. The first-order valence-electron chi connectivity index (χ1n) is 5.29. The van der Waals surface area contributed by atoms with Crippen molar-refractivity contribution < 1.29 is 4.39 Å². The normalized spacial score (nSPS) is 10.7. The number of fused-ring (bicyclic) bond motifs is 1. The first kappa shape index (κ1) is 12.0. The number of hydrogen-bond acceptors (Lipinski definition) is 4. The second-order valence-corrected chi connectivity index (χ2v) is 4.63. The van der Waals surface area contributed by atoms with Gasteiger partial charge >= 0.3 is 0 Å². The molecule has 1 aromatic heterocycles. The van der Waals surface area contributed by atoms with Gasteiger partial charge in [0, 0.05) is 29.6 Å². The Labute approximate surface area is 104 Å². The van der Waals surface area contributed by atoms with Crippen molar-refractivity contribution in [1.29, 1.82) is 0 Å². The second kappa shape index (κ2) is 5.23. The van der Waals surface area contributed by atoms with Gasteiger partial charge in [0.2, 0.25) is 0 Å². The van der Waals surface area contributed by atoms with Crippen molar-refractivity contribution in [2.45, 2.75) is 0 Å². The monoisotopic (exact) mass is 251 g/mol. The average Bonchev–Trinajstić information content (AvgIpc) is 2.33. The first-order valence-corrected chi connectivity index (χ1v) is 6.69. The molecular formula is C12H14FN3S. The Morgan fingerprint density at radius 2 is 2.35 bits per heavy atom. The lowest BCUT2D eigenvalue weighted by molar-refractivity contribution is 0.632. The smallest absolute Gasteiger partial charge is 0.150 e. The van der Waals surface area contributed by atoms with Gasteiger partial charge in [-0.1, -0.05) is 0 Å². The van der Waals surface area contributed by atoms with Crippen molar-refractivity contribution in [1.82, 2.24) is 4.98 Å². The Morgan fingerprint density at radius 3 is 3.12 bits per heavy atom. The Balaban J connectivity index is 2.46. The van der Waals surface area contributed by atoms with Crippen LogP contribution in [0, 0.1) is 5.82 Å². The van der Waals surface area contributed by atoms with Crippen LogP contribution in [-0.2, 0) is 0 Å². The van der Waals surface area contributed by atoms with Gasteiger partial charge in [0.1, 0.15) is 0 Å². The molecule has 0 saturated carbocycles. The maximum Gasteiger partial charge on any atom is 0.150 e. The number of hydrogen-bond donors (Lipinski definition) is 2. The number of halogens is 1. The van der Waals surface area contributed by atoms with Crippen molar-refractivity contribution in [3.63, 3.8) is 0 Å². The highest BCUT2D eigenvalue weighted by Gasteiger charge is 2.10. The Kier molecular flexibility index (Phi) is 3.68. The van der Waals surface area contributed by atoms with Crippen molar-refractivity contribution in [3.8, 4) is 0 Å². The zero-order valence-electron chi connectivity index (χ0n) is 9.53. The van der Waals surface area contributed by atoms with E-state index in [1.165, 1.54) is 6.07 Å². The molecule has 2 rings (SSSR count). The van der Waals surface area contributed by atoms with E-state index in [0.717, 1.165) is 11.1 Å². The summed E-state index contributed by atoms with van der Waals surface area (Å²) in [6.45, 7) is 0.702. The van der Waals surface area contributed by atoms with Crippen LogP contribution >= 0.6 is 11.8 Å². The van der Waals surface area contributed by atoms with Crippen molar-refractivity contribution in [2.75, 3.05) is 29.6 Å². The molecule has 0 aliphatic rings. The van der Waals surface area contributed by atoms with E-state index in [9.17, 15) is 4.39 Å². The molecule has 2 aromatic rings. The van der Waals surface area contributed by atoms with Gasteiger partial charge in [0.15, 0.2) is 5.82 Å². The Morgan fingerprint density at radius 1 is 1.53 bits per heavy atom. The molecule has 0 aliphatic carbocycles. The highest BCUT2D eigenvalue weighted by Crippen LogP contribution is 2.29. The number of nitrogens with one attached hydrogen (secondary N) is 1. The molecule has 17 heavy (non-hydrogen) atoms. The molecule has 1 aromatic carbocycles. The van der Waals surface area contributed by atoms with Crippen LogP contribution in [0.1, 0.15) is 0 Å². The minimum absolute atomic E-state index is 0.352. The van der Waals surface area contributed by atoms with Crippen LogP contribution in [0.2, 0.25) is 0 Å². The Bertz CT molecular complexity index is 530. The summed E-state index contributed by atoms with van der Waals surface area (Å²) < 4.78 is 13.8. The van der Waals surface area contributed by atoms with E-state index >= 15 is 0 Å². The summed E-state index contributed by atoms with van der Waals surface area (Å²) in [5, 5.41) is 3.85. The fraction of sp³-hybridized carbons (Fsp3) is 0.250. The molecule has 3 nitrogen and oxygen atoms in total. The lowest BCUT2D eigenvalue weighted by Crippen LogP contribution is -2.07. The number of aromatic nitrogens is 1. The van der Waals surface area contributed by atoms with Gasteiger partial charge in [-0.05, 0) is 24.5 Å². The maximum atomic E-state index is 13.8. The van der Waals surface area contributed by atoms with E-state index in [-0.39, 0.29) is 5.82 Å². The maximum absolute atomic E-state index is 13.8. The van der Waals surface area contributed by atoms with Crippen LogP contribution < -0.4 is 11.1 Å². The van der Waals surface area contributed by atoms with Gasteiger partial charge < -0.3 is 11.1 Å². The minimum atomic E-state index is -0.352. The van der Waals surface area contributed by atoms with E-state index in [1.807, 2.05) is 12.3 Å². The zero-order valence-corrected chi connectivity index (χ0v) is 10.4. The fourth-order valence-electron chi connectivity index (χ4n) is 1.68. The van der Waals surface area contributed by atoms with Crippen LogP contribution in [0.25, 0.3) is 10.9 Å². The Hall–Kier alpha value is -1.49. The fourth-order valence-corrected chi connectivity index (χ4v) is 1.99. The quantitative estimate of drug-likeness (QED) is 0.648. The number of pyridine rings is 1. The van der Waals surface area contributed by atoms with Gasteiger partial charge in [-0.15, -0.1) is 0 Å². The van der Waals surface area contributed by atoms with Crippen molar-refractivity contribution in [2.24, 2.45) is 0 Å². The predicted octanol–water partition coefficient (Wildman–Crippen LogP) is 2.73. The topological polar surface area (TPSA) is 50.9 Å².